The van der Waals surface area contributed by atoms with E-state index in [0.29, 0.717) is 5.82 Å². The number of aromatic nitrogens is 3. The second kappa shape index (κ2) is 4.12. The van der Waals surface area contributed by atoms with Crippen LogP contribution >= 0.6 is 27.3 Å². The predicted octanol–water partition coefficient (Wildman–Crippen LogP) is 3.23. The summed E-state index contributed by atoms with van der Waals surface area (Å²) in [4.78, 5) is 5.51. The van der Waals surface area contributed by atoms with Crippen molar-refractivity contribution < 1.29 is 4.74 Å². The van der Waals surface area contributed by atoms with Crippen molar-refractivity contribution in [2.24, 2.45) is 0 Å². The fourth-order valence-electron chi connectivity index (χ4n) is 1.58. The van der Waals surface area contributed by atoms with Gasteiger partial charge in [-0.25, -0.2) is 9.50 Å². The Morgan fingerprint density at radius 3 is 2.94 bits per heavy atom. The van der Waals surface area contributed by atoms with Crippen LogP contribution in [0.25, 0.3) is 16.3 Å². The number of nitrogens with zero attached hydrogens (tertiary/aromatic N) is 3. The first kappa shape index (κ1) is 10.7. The topological polar surface area (TPSA) is 39.4 Å². The molecule has 17 heavy (non-hydrogen) atoms. The zero-order valence-electron chi connectivity index (χ0n) is 8.92. The van der Waals surface area contributed by atoms with Crippen LogP contribution in [0, 0.1) is 0 Å². The van der Waals surface area contributed by atoms with Crippen LogP contribution in [0.3, 0.4) is 0 Å². The minimum Gasteiger partial charge on any atom is -0.493 e. The van der Waals surface area contributed by atoms with Gasteiger partial charge >= 0.3 is 0 Å². The summed E-state index contributed by atoms with van der Waals surface area (Å²) in [6, 6.07) is 7.74. The Balaban J connectivity index is 2.19. The van der Waals surface area contributed by atoms with Crippen LogP contribution in [0.1, 0.15) is 0 Å². The molecule has 4 nitrogen and oxygen atoms in total. The summed E-state index contributed by atoms with van der Waals surface area (Å²) in [7, 11) is 1.63. The molecule has 6 heteroatoms. The van der Waals surface area contributed by atoms with Crippen LogP contribution in [-0.4, -0.2) is 21.7 Å². The van der Waals surface area contributed by atoms with Gasteiger partial charge in [-0.15, -0.1) is 16.4 Å². The third kappa shape index (κ3) is 1.83. The molecular weight excluding hydrogens is 302 g/mol. The lowest BCUT2D eigenvalue weighted by molar-refractivity contribution is 0.416. The van der Waals surface area contributed by atoms with Gasteiger partial charge in [0.15, 0.2) is 17.2 Å². The van der Waals surface area contributed by atoms with Crippen LogP contribution in [0.4, 0.5) is 0 Å². The summed E-state index contributed by atoms with van der Waals surface area (Å²) in [6.07, 6.45) is 1.86. The normalized spacial score (nSPS) is 10.9. The van der Waals surface area contributed by atoms with Gasteiger partial charge < -0.3 is 4.74 Å². The van der Waals surface area contributed by atoms with Gasteiger partial charge in [-0.3, -0.25) is 0 Å². The molecule has 0 amide bonds. The molecule has 86 valence electrons. The van der Waals surface area contributed by atoms with E-state index in [1.807, 2.05) is 30.5 Å². The van der Waals surface area contributed by atoms with Gasteiger partial charge in [0.05, 0.1) is 15.8 Å². The maximum Gasteiger partial charge on any atom is 0.198 e. The minimum absolute atomic E-state index is 0.713. The monoisotopic (exact) mass is 309 g/mol. The Bertz CT molecular complexity index is 676. The lowest BCUT2D eigenvalue weighted by Crippen LogP contribution is -1.90. The first-order valence-corrected chi connectivity index (χ1v) is 6.54. The van der Waals surface area contributed by atoms with E-state index in [-0.39, 0.29) is 0 Å². The summed E-state index contributed by atoms with van der Waals surface area (Å²) >= 11 is 5.04. The highest BCUT2D eigenvalue weighted by Gasteiger charge is 2.11. The molecule has 3 rings (SSSR count). The molecule has 0 aliphatic carbocycles. The molecule has 0 aliphatic heterocycles. The van der Waals surface area contributed by atoms with E-state index in [4.69, 9.17) is 4.74 Å². The van der Waals surface area contributed by atoms with Crippen LogP contribution < -0.4 is 4.74 Å². The van der Waals surface area contributed by atoms with E-state index in [0.717, 1.165) is 20.1 Å². The molecule has 0 saturated heterocycles. The molecule has 0 radical (unpaired) electrons. The molecule has 0 bridgehead atoms. The number of halogens is 1. The van der Waals surface area contributed by atoms with Gasteiger partial charge in [0.25, 0.3) is 0 Å². The third-order valence-corrected chi connectivity index (χ3v) is 3.96. The fourth-order valence-corrected chi connectivity index (χ4v) is 2.90. The second-order valence-corrected chi connectivity index (χ2v) is 5.85. The van der Waals surface area contributed by atoms with E-state index < -0.39 is 0 Å². The molecule has 0 N–H and O–H groups in total. The van der Waals surface area contributed by atoms with Crippen LogP contribution in [0.5, 0.6) is 5.75 Å². The largest absolute Gasteiger partial charge is 0.493 e. The predicted molar refractivity (Wildman–Crippen MR) is 70.6 cm³/mol. The number of rotatable bonds is 2. The SMILES string of the molecule is COc1cccn2nc(-c3ccc(Br)s3)nc12. The molecule has 0 unspecified atom stereocenters. The standard InChI is InChI=1S/C11H8BrN3OS/c1-16-7-3-2-6-15-11(7)13-10(14-15)8-4-5-9(12)17-8/h2-6H,1H3. The van der Waals surface area contributed by atoms with Crippen LogP contribution in [0.15, 0.2) is 34.2 Å². The third-order valence-electron chi connectivity index (χ3n) is 2.34. The highest BCUT2D eigenvalue weighted by atomic mass is 79.9. The van der Waals surface area contributed by atoms with E-state index in [9.17, 15) is 0 Å². The van der Waals surface area contributed by atoms with Crippen molar-refractivity contribution in [1.29, 1.82) is 0 Å². The number of thiophene rings is 1. The van der Waals surface area contributed by atoms with Crippen molar-refractivity contribution in [3.05, 3.63) is 34.2 Å². The van der Waals surface area contributed by atoms with Crippen LogP contribution in [0.2, 0.25) is 0 Å². The van der Waals surface area contributed by atoms with E-state index in [2.05, 4.69) is 26.0 Å². The number of pyridine rings is 1. The van der Waals surface area contributed by atoms with Crippen molar-refractivity contribution in [3.8, 4) is 16.5 Å². The maximum atomic E-state index is 5.25. The van der Waals surface area contributed by atoms with Gasteiger partial charge in [0, 0.05) is 6.20 Å². The Morgan fingerprint density at radius 2 is 2.24 bits per heavy atom. The lowest BCUT2D eigenvalue weighted by atomic mass is 10.4. The molecule has 0 saturated carbocycles. The number of fused-ring (bicyclic) bond motifs is 1. The summed E-state index contributed by atoms with van der Waals surface area (Å²) < 4.78 is 8.04. The van der Waals surface area contributed by atoms with Crippen molar-refractivity contribution in [2.75, 3.05) is 7.11 Å². The van der Waals surface area contributed by atoms with Crippen molar-refractivity contribution in [2.45, 2.75) is 0 Å². The maximum absolute atomic E-state index is 5.25. The van der Waals surface area contributed by atoms with Crippen molar-refractivity contribution in [3.63, 3.8) is 0 Å². The highest BCUT2D eigenvalue weighted by Crippen LogP contribution is 2.30. The Hall–Kier alpha value is -1.40. The van der Waals surface area contributed by atoms with Gasteiger partial charge in [0.1, 0.15) is 0 Å². The fraction of sp³-hybridized carbons (Fsp3) is 0.0909. The summed E-state index contributed by atoms with van der Waals surface area (Å²) in [5.74, 6) is 1.44. The van der Waals surface area contributed by atoms with Gasteiger partial charge in [0.2, 0.25) is 0 Å². The average Bonchev–Trinajstić information content (AvgIpc) is 2.93. The minimum atomic E-state index is 0.713. The first-order valence-electron chi connectivity index (χ1n) is 4.93. The molecule has 3 aromatic rings. The first-order chi connectivity index (χ1) is 8.28. The zero-order chi connectivity index (χ0) is 11.8. The van der Waals surface area contributed by atoms with E-state index in [1.54, 1.807) is 23.0 Å². The van der Waals surface area contributed by atoms with E-state index in [1.165, 1.54) is 0 Å². The Morgan fingerprint density at radius 1 is 1.35 bits per heavy atom. The zero-order valence-corrected chi connectivity index (χ0v) is 11.3. The van der Waals surface area contributed by atoms with Crippen molar-refractivity contribution >= 4 is 32.9 Å². The number of hydrogen-bond donors (Lipinski definition) is 0. The number of ether oxygens (including phenoxy) is 1. The number of methoxy groups -OCH3 is 1. The molecule has 0 aliphatic rings. The molecule has 0 atom stereocenters. The molecule has 3 aromatic heterocycles. The molecular formula is C11H8BrN3OS. The number of hydrogen-bond acceptors (Lipinski definition) is 4. The van der Waals surface area contributed by atoms with Crippen LogP contribution in [-0.2, 0) is 0 Å². The molecule has 0 spiro atoms. The second-order valence-electron chi connectivity index (χ2n) is 3.38. The van der Waals surface area contributed by atoms with Crippen molar-refractivity contribution in [1.82, 2.24) is 14.6 Å². The quantitative estimate of drug-likeness (QED) is 0.729. The average molecular weight is 310 g/mol. The molecule has 3 heterocycles. The lowest BCUT2D eigenvalue weighted by Gasteiger charge is -1.98. The summed E-state index contributed by atoms with van der Waals surface area (Å²) in [6.45, 7) is 0. The molecule has 0 fully saturated rings. The van der Waals surface area contributed by atoms with Gasteiger partial charge in [-0.1, -0.05) is 0 Å². The summed E-state index contributed by atoms with van der Waals surface area (Å²) in [5, 5.41) is 4.42. The Labute approximate surface area is 110 Å². The highest BCUT2D eigenvalue weighted by molar-refractivity contribution is 9.11. The van der Waals surface area contributed by atoms with E-state index >= 15 is 0 Å². The Kier molecular flexibility index (Phi) is 2.60. The summed E-state index contributed by atoms with van der Waals surface area (Å²) in [5.41, 5.74) is 0.731. The smallest absolute Gasteiger partial charge is 0.198 e. The van der Waals surface area contributed by atoms with Gasteiger partial charge in [-0.2, -0.15) is 0 Å². The molecule has 0 aromatic carbocycles. The van der Waals surface area contributed by atoms with Gasteiger partial charge in [-0.05, 0) is 40.2 Å².